The number of fused-ring (bicyclic) bond motifs is 2. The molecule has 0 heterocycles. The van der Waals surface area contributed by atoms with E-state index in [1.165, 1.54) is 38.5 Å². The highest BCUT2D eigenvalue weighted by Crippen LogP contribution is 2.42. The van der Waals surface area contributed by atoms with Crippen molar-refractivity contribution in [2.75, 3.05) is 0 Å². The fourth-order valence-electron chi connectivity index (χ4n) is 4.42. The summed E-state index contributed by atoms with van der Waals surface area (Å²) in [5.41, 5.74) is 6.29. The lowest BCUT2D eigenvalue weighted by molar-refractivity contribution is -0.128. The van der Waals surface area contributed by atoms with Gasteiger partial charge in [0.25, 0.3) is 0 Å². The number of rotatable bonds is 4. The van der Waals surface area contributed by atoms with E-state index in [9.17, 15) is 4.79 Å². The quantitative estimate of drug-likeness (QED) is 0.839. The largest absolute Gasteiger partial charge is 0.353 e. The van der Waals surface area contributed by atoms with Gasteiger partial charge in [0.05, 0.1) is 0 Å². The molecule has 3 nitrogen and oxygen atoms in total. The average molecular weight is 301 g/mol. The van der Waals surface area contributed by atoms with Crippen molar-refractivity contribution in [2.24, 2.45) is 29.4 Å². The molecule has 3 N–H and O–H groups in total. The van der Waals surface area contributed by atoms with Gasteiger partial charge < -0.3 is 11.1 Å². The van der Waals surface area contributed by atoms with E-state index in [0.29, 0.717) is 29.8 Å². The first kappa shape index (κ1) is 16.1. The zero-order chi connectivity index (χ0) is 13.4. The van der Waals surface area contributed by atoms with Crippen LogP contribution in [-0.4, -0.2) is 18.0 Å². The predicted molar refractivity (Wildman–Crippen MR) is 83.7 cm³/mol. The molecule has 0 spiro atoms. The van der Waals surface area contributed by atoms with Crippen LogP contribution in [0.1, 0.15) is 58.3 Å². The summed E-state index contributed by atoms with van der Waals surface area (Å²) in [4.78, 5) is 12.4. The van der Waals surface area contributed by atoms with Crippen LogP contribution in [0.15, 0.2) is 0 Å². The standard InChI is InChI=1S/C16H28N2O.ClH/c1-2-4-10-9-14(10)18-16(19)13-7-11-5-3-6-12(8-13)15(11)17;/h10-15H,2-9,17H2,1H3,(H,18,19);1H. The molecule has 0 saturated heterocycles. The first-order valence-corrected chi connectivity index (χ1v) is 8.25. The zero-order valence-electron chi connectivity index (χ0n) is 12.5. The fourth-order valence-corrected chi connectivity index (χ4v) is 4.42. The van der Waals surface area contributed by atoms with Gasteiger partial charge in [0, 0.05) is 18.0 Å². The topological polar surface area (TPSA) is 55.1 Å². The van der Waals surface area contributed by atoms with Gasteiger partial charge in [-0.1, -0.05) is 19.8 Å². The highest BCUT2D eigenvalue weighted by Gasteiger charge is 2.43. The van der Waals surface area contributed by atoms with Crippen LogP contribution < -0.4 is 11.1 Å². The summed E-state index contributed by atoms with van der Waals surface area (Å²) >= 11 is 0. The van der Waals surface area contributed by atoms with Crippen molar-refractivity contribution in [3.05, 3.63) is 0 Å². The molecule has 3 rings (SSSR count). The number of hydrogen-bond donors (Lipinski definition) is 2. The zero-order valence-corrected chi connectivity index (χ0v) is 13.3. The van der Waals surface area contributed by atoms with E-state index in [1.807, 2.05) is 0 Å². The highest BCUT2D eigenvalue weighted by atomic mass is 35.5. The van der Waals surface area contributed by atoms with Gasteiger partial charge in [0.1, 0.15) is 0 Å². The first-order valence-electron chi connectivity index (χ1n) is 8.25. The second kappa shape index (κ2) is 6.65. The molecule has 0 aliphatic heterocycles. The summed E-state index contributed by atoms with van der Waals surface area (Å²) < 4.78 is 0. The molecule has 3 fully saturated rings. The third-order valence-corrected chi connectivity index (χ3v) is 5.69. The molecule has 2 bridgehead atoms. The Hall–Kier alpha value is -0.280. The van der Waals surface area contributed by atoms with E-state index in [2.05, 4.69) is 12.2 Å². The second-order valence-electron chi connectivity index (χ2n) is 7.10. The van der Waals surface area contributed by atoms with Crippen LogP contribution in [0.25, 0.3) is 0 Å². The van der Waals surface area contributed by atoms with Gasteiger partial charge in [-0.25, -0.2) is 0 Å². The summed E-state index contributed by atoms with van der Waals surface area (Å²) in [6, 6.07) is 0.856. The summed E-state index contributed by atoms with van der Waals surface area (Å²) in [6.07, 6.45) is 9.58. The van der Waals surface area contributed by atoms with Crippen LogP contribution in [0.2, 0.25) is 0 Å². The van der Waals surface area contributed by atoms with Crippen LogP contribution in [-0.2, 0) is 4.79 Å². The normalized spacial score (nSPS) is 42.5. The molecule has 3 aliphatic rings. The minimum Gasteiger partial charge on any atom is -0.353 e. The third kappa shape index (κ3) is 3.30. The third-order valence-electron chi connectivity index (χ3n) is 5.69. The van der Waals surface area contributed by atoms with Crippen molar-refractivity contribution >= 4 is 18.3 Å². The molecule has 20 heavy (non-hydrogen) atoms. The molecule has 3 aliphatic carbocycles. The van der Waals surface area contributed by atoms with Crippen LogP contribution in [0.4, 0.5) is 0 Å². The van der Waals surface area contributed by atoms with Crippen molar-refractivity contribution in [3.8, 4) is 0 Å². The number of nitrogens with two attached hydrogens (primary N) is 1. The average Bonchev–Trinajstić information content (AvgIpc) is 3.07. The molecule has 0 aromatic carbocycles. The lowest BCUT2D eigenvalue weighted by Gasteiger charge is -2.43. The van der Waals surface area contributed by atoms with Crippen molar-refractivity contribution in [1.29, 1.82) is 0 Å². The number of amides is 1. The number of carbonyl (C=O) groups is 1. The van der Waals surface area contributed by atoms with Gasteiger partial charge in [0.2, 0.25) is 5.91 Å². The molecule has 0 aromatic heterocycles. The Morgan fingerprint density at radius 1 is 1.20 bits per heavy atom. The number of carbonyl (C=O) groups excluding carboxylic acids is 1. The summed E-state index contributed by atoms with van der Waals surface area (Å²) in [5.74, 6) is 2.55. The van der Waals surface area contributed by atoms with E-state index in [4.69, 9.17) is 5.73 Å². The lowest BCUT2D eigenvalue weighted by Crippen LogP contribution is -2.49. The van der Waals surface area contributed by atoms with E-state index >= 15 is 0 Å². The van der Waals surface area contributed by atoms with Crippen molar-refractivity contribution in [3.63, 3.8) is 0 Å². The van der Waals surface area contributed by atoms with Gasteiger partial charge in [-0.05, 0) is 56.3 Å². The molecular weight excluding hydrogens is 272 g/mol. The van der Waals surface area contributed by atoms with Gasteiger partial charge in [-0.2, -0.15) is 0 Å². The monoisotopic (exact) mass is 300 g/mol. The maximum atomic E-state index is 12.4. The maximum Gasteiger partial charge on any atom is 0.223 e. The Morgan fingerprint density at radius 3 is 2.45 bits per heavy atom. The Bertz CT molecular complexity index is 335. The number of hydrogen-bond acceptors (Lipinski definition) is 2. The van der Waals surface area contributed by atoms with Crippen LogP contribution in [0.5, 0.6) is 0 Å². The molecule has 3 saturated carbocycles. The molecule has 4 unspecified atom stereocenters. The van der Waals surface area contributed by atoms with Crippen molar-refractivity contribution < 1.29 is 4.79 Å². The second-order valence-corrected chi connectivity index (χ2v) is 7.10. The maximum absolute atomic E-state index is 12.4. The Morgan fingerprint density at radius 2 is 1.85 bits per heavy atom. The fraction of sp³-hybridized carbons (Fsp3) is 0.938. The molecule has 1 amide bonds. The summed E-state index contributed by atoms with van der Waals surface area (Å²) in [6.45, 7) is 2.22. The Balaban J connectivity index is 0.00000147. The smallest absolute Gasteiger partial charge is 0.223 e. The van der Waals surface area contributed by atoms with Crippen LogP contribution in [0, 0.1) is 23.7 Å². The van der Waals surface area contributed by atoms with E-state index < -0.39 is 0 Å². The Labute approximate surface area is 128 Å². The molecule has 116 valence electrons. The summed E-state index contributed by atoms with van der Waals surface area (Å²) in [5, 5.41) is 3.28. The molecule has 4 atom stereocenters. The van der Waals surface area contributed by atoms with Gasteiger partial charge in [-0.3, -0.25) is 4.79 Å². The minimum absolute atomic E-state index is 0. The number of nitrogens with one attached hydrogen (secondary N) is 1. The first-order chi connectivity index (χ1) is 9.19. The van der Waals surface area contributed by atoms with Crippen LogP contribution >= 0.6 is 12.4 Å². The van der Waals surface area contributed by atoms with Crippen molar-refractivity contribution in [1.82, 2.24) is 5.32 Å². The van der Waals surface area contributed by atoms with Gasteiger partial charge >= 0.3 is 0 Å². The minimum atomic E-state index is 0. The molecular formula is C16H29ClN2O. The van der Waals surface area contributed by atoms with E-state index in [-0.39, 0.29) is 18.3 Å². The van der Waals surface area contributed by atoms with E-state index in [1.54, 1.807) is 0 Å². The highest BCUT2D eigenvalue weighted by molar-refractivity contribution is 5.85. The predicted octanol–water partition coefficient (Wildman–Crippen LogP) is 2.87. The van der Waals surface area contributed by atoms with Gasteiger partial charge in [0.15, 0.2) is 0 Å². The number of halogens is 1. The SMILES string of the molecule is CCCC1CC1NC(=O)C1CC2CCCC(C1)C2N.Cl. The van der Waals surface area contributed by atoms with E-state index in [0.717, 1.165) is 18.8 Å². The molecule has 0 radical (unpaired) electrons. The molecule has 4 heteroatoms. The van der Waals surface area contributed by atoms with Gasteiger partial charge in [-0.15, -0.1) is 12.4 Å². The van der Waals surface area contributed by atoms with Crippen LogP contribution in [0.3, 0.4) is 0 Å². The Kier molecular flexibility index (Phi) is 5.36. The lowest BCUT2D eigenvalue weighted by atomic mass is 9.65. The summed E-state index contributed by atoms with van der Waals surface area (Å²) in [7, 11) is 0. The van der Waals surface area contributed by atoms with Crippen molar-refractivity contribution in [2.45, 2.75) is 70.4 Å². The molecule has 0 aromatic rings.